The van der Waals surface area contributed by atoms with E-state index in [9.17, 15) is 4.79 Å². The van der Waals surface area contributed by atoms with Crippen molar-refractivity contribution in [3.63, 3.8) is 0 Å². The first kappa shape index (κ1) is 9.63. The Kier molecular flexibility index (Phi) is 3.58. The van der Waals surface area contributed by atoms with Crippen LogP contribution in [0, 0.1) is 0 Å². The predicted octanol–water partition coefficient (Wildman–Crippen LogP) is 1.06. The molecule has 0 saturated carbocycles. The van der Waals surface area contributed by atoms with Crippen LogP contribution in [0.15, 0.2) is 0 Å². The second-order valence-electron chi connectivity index (χ2n) is 3.11. The molecular weight excluding hydrogens is 126 g/mol. The first-order valence-electron chi connectivity index (χ1n) is 3.87. The van der Waals surface area contributed by atoms with Crippen LogP contribution in [0.3, 0.4) is 0 Å². The van der Waals surface area contributed by atoms with Crippen molar-refractivity contribution in [2.75, 3.05) is 26.7 Å². The smallest absolute Gasteiger partial charge is 0.183 e. The lowest BCUT2D eigenvalue weighted by atomic mass is 10.3. The topological polar surface area (TPSA) is 17.1 Å². The fraction of sp³-hybridized carbons (Fsp3) is 0.875. The summed E-state index contributed by atoms with van der Waals surface area (Å²) in [7, 11) is 2.11. The molecule has 0 unspecified atom stereocenters. The van der Waals surface area contributed by atoms with Gasteiger partial charge in [0.25, 0.3) is 0 Å². The fourth-order valence-electron chi connectivity index (χ4n) is 0.985. The van der Waals surface area contributed by atoms with Gasteiger partial charge in [0, 0.05) is 6.92 Å². The first-order chi connectivity index (χ1) is 4.54. The van der Waals surface area contributed by atoms with Crippen LogP contribution in [0.1, 0.15) is 20.8 Å². The van der Waals surface area contributed by atoms with Gasteiger partial charge in [-0.05, 0) is 13.8 Å². The van der Waals surface area contributed by atoms with Crippen LogP contribution in [0.5, 0.6) is 0 Å². The number of quaternary nitrogens is 1. The van der Waals surface area contributed by atoms with Gasteiger partial charge in [-0.1, -0.05) is 0 Å². The van der Waals surface area contributed by atoms with Crippen LogP contribution in [-0.2, 0) is 4.79 Å². The van der Waals surface area contributed by atoms with E-state index in [4.69, 9.17) is 0 Å². The molecule has 0 spiro atoms. The number of rotatable bonds is 4. The summed E-state index contributed by atoms with van der Waals surface area (Å²) in [6.07, 6.45) is 0. The Morgan fingerprint density at radius 2 is 1.70 bits per heavy atom. The standard InChI is InChI=1S/C8H18NO/c1-5-9(4,6-2)7-8(3)10/h5-7H2,1-4H3/q+1. The Bertz CT molecular complexity index is 116. The quantitative estimate of drug-likeness (QED) is 0.539. The second kappa shape index (κ2) is 3.71. The molecule has 60 valence electrons. The molecule has 0 bridgehead atoms. The minimum absolute atomic E-state index is 0.284. The lowest BCUT2D eigenvalue weighted by molar-refractivity contribution is -0.898. The van der Waals surface area contributed by atoms with Crippen molar-refractivity contribution in [1.29, 1.82) is 0 Å². The van der Waals surface area contributed by atoms with E-state index in [1.807, 2.05) is 0 Å². The summed E-state index contributed by atoms with van der Waals surface area (Å²) in [5.41, 5.74) is 0. The van der Waals surface area contributed by atoms with Gasteiger partial charge in [-0.2, -0.15) is 0 Å². The molecule has 0 N–H and O–H groups in total. The van der Waals surface area contributed by atoms with Gasteiger partial charge in [0.15, 0.2) is 5.78 Å². The first-order valence-corrected chi connectivity index (χ1v) is 3.87. The highest BCUT2D eigenvalue weighted by Crippen LogP contribution is 1.99. The third-order valence-corrected chi connectivity index (χ3v) is 2.13. The highest BCUT2D eigenvalue weighted by Gasteiger charge is 2.17. The lowest BCUT2D eigenvalue weighted by Gasteiger charge is -2.30. The van der Waals surface area contributed by atoms with Crippen molar-refractivity contribution in [1.82, 2.24) is 0 Å². The Balaban J connectivity index is 3.92. The molecule has 0 aromatic rings. The molecule has 0 aliphatic heterocycles. The zero-order valence-corrected chi connectivity index (χ0v) is 7.48. The number of carbonyl (C=O) groups excluding carboxylic acids is 1. The van der Waals surface area contributed by atoms with Crippen molar-refractivity contribution in [3.05, 3.63) is 0 Å². The predicted molar refractivity (Wildman–Crippen MR) is 42.8 cm³/mol. The zero-order valence-electron chi connectivity index (χ0n) is 7.48. The molecule has 0 aliphatic rings. The zero-order chi connectivity index (χ0) is 8.20. The monoisotopic (exact) mass is 144 g/mol. The number of ketones is 1. The van der Waals surface area contributed by atoms with Crippen LogP contribution >= 0.6 is 0 Å². The average Bonchev–Trinajstić information content (AvgIpc) is 1.87. The number of hydrogen-bond donors (Lipinski definition) is 0. The highest BCUT2D eigenvalue weighted by molar-refractivity contribution is 5.76. The van der Waals surface area contributed by atoms with E-state index >= 15 is 0 Å². The van der Waals surface area contributed by atoms with E-state index in [0.29, 0.717) is 6.54 Å². The molecule has 10 heavy (non-hydrogen) atoms. The van der Waals surface area contributed by atoms with Gasteiger partial charge < -0.3 is 4.48 Å². The molecule has 0 aromatic heterocycles. The molecule has 0 atom stereocenters. The number of hydrogen-bond acceptors (Lipinski definition) is 1. The van der Waals surface area contributed by atoms with Crippen molar-refractivity contribution in [2.45, 2.75) is 20.8 Å². The summed E-state index contributed by atoms with van der Waals surface area (Å²) in [4.78, 5) is 10.8. The summed E-state index contributed by atoms with van der Waals surface area (Å²) in [5, 5.41) is 0. The maximum absolute atomic E-state index is 10.8. The Hall–Kier alpha value is -0.370. The minimum atomic E-state index is 0.284. The van der Waals surface area contributed by atoms with E-state index < -0.39 is 0 Å². The summed E-state index contributed by atoms with van der Waals surface area (Å²) < 4.78 is 0.870. The van der Waals surface area contributed by atoms with E-state index in [1.54, 1.807) is 6.92 Å². The van der Waals surface area contributed by atoms with Gasteiger partial charge in [-0.3, -0.25) is 4.79 Å². The number of carbonyl (C=O) groups is 1. The number of nitrogens with zero attached hydrogens (tertiary/aromatic N) is 1. The van der Waals surface area contributed by atoms with E-state index in [1.165, 1.54) is 0 Å². The van der Waals surface area contributed by atoms with Crippen LogP contribution in [0.4, 0.5) is 0 Å². The molecule has 2 heteroatoms. The molecule has 0 radical (unpaired) electrons. The van der Waals surface area contributed by atoms with Crippen molar-refractivity contribution in [3.8, 4) is 0 Å². The maximum atomic E-state index is 10.8. The molecule has 0 saturated heterocycles. The van der Waals surface area contributed by atoms with Crippen LogP contribution in [-0.4, -0.2) is 36.9 Å². The molecule has 0 heterocycles. The van der Waals surface area contributed by atoms with Gasteiger partial charge in [0.2, 0.25) is 0 Å². The maximum Gasteiger partial charge on any atom is 0.183 e. The summed E-state index contributed by atoms with van der Waals surface area (Å²) in [6.45, 7) is 8.64. The van der Waals surface area contributed by atoms with E-state index in [0.717, 1.165) is 17.6 Å². The third kappa shape index (κ3) is 2.97. The molecule has 0 aliphatic carbocycles. The Morgan fingerprint density at radius 3 is 1.80 bits per heavy atom. The lowest BCUT2D eigenvalue weighted by Crippen LogP contribution is -2.46. The van der Waals surface area contributed by atoms with Crippen molar-refractivity contribution in [2.24, 2.45) is 0 Å². The van der Waals surface area contributed by atoms with Gasteiger partial charge in [-0.15, -0.1) is 0 Å². The Morgan fingerprint density at radius 1 is 1.30 bits per heavy atom. The highest BCUT2D eigenvalue weighted by atomic mass is 16.1. The van der Waals surface area contributed by atoms with Gasteiger partial charge in [0.05, 0.1) is 20.1 Å². The third-order valence-electron chi connectivity index (χ3n) is 2.13. The molecule has 2 nitrogen and oxygen atoms in total. The molecule has 0 rings (SSSR count). The molecule has 0 amide bonds. The second-order valence-corrected chi connectivity index (χ2v) is 3.11. The fourth-order valence-corrected chi connectivity index (χ4v) is 0.985. The summed E-state index contributed by atoms with van der Waals surface area (Å²) in [5.74, 6) is 0.284. The van der Waals surface area contributed by atoms with Gasteiger partial charge in [-0.25, -0.2) is 0 Å². The van der Waals surface area contributed by atoms with Crippen LogP contribution in [0.2, 0.25) is 0 Å². The molecular formula is C8H18NO+. The largest absolute Gasteiger partial charge is 0.320 e. The van der Waals surface area contributed by atoms with Crippen molar-refractivity contribution < 1.29 is 9.28 Å². The SMILES string of the molecule is CC[N+](C)(CC)CC(C)=O. The minimum Gasteiger partial charge on any atom is -0.320 e. The normalized spacial score (nSPS) is 11.6. The van der Waals surface area contributed by atoms with Gasteiger partial charge in [0.1, 0.15) is 6.54 Å². The van der Waals surface area contributed by atoms with Crippen LogP contribution in [0.25, 0.3) is 0 Å². The molecule has 0 aromatic carbocycles. The van der Waals surface area contributed by atoms with Crippen LogP contribution < -0.4 is 0 Å². The number of Topliss-reactive ketones (excluding diaryl/α,β-unsaturated/α-hetero) is 1. The van der Waals surface area contributed by atoms with E-state index in [-0.39, 0.29) is 5.78 Å². The number of likely N-dealkylation sites (N-methyl/N-ethyl adjacent to an activating group) is 1. The van der Waals surface area contributed by atoms with Gasteiger partial charge >= 0.3 is 0 Å². The summed E-state index contributed by atoms with van der Waals surface area (Å²) in [6, 6.07) is 0. The molecule has 0 fully saturated rings. The average molecular weight is 144 g/mol. The van der Waals surface area contributed by atoms with E-state index in [2.05, 4.69) is 20.9 Å². The Labute approximate surface area is 63.4 Å². The van der Waals surface area contributed by atoms with Crippen molar-refractivity contribution >= 4 is 5.78 Å². The summed E-state index contributed by atoms with van der Waals surface area (Å²) >= 11 is 0.